The largest absolute Gasteiger partial charge is 0.480 e. The Labute approximate surface area is 96.4 Å². The number of hydrogen-bond donors (Lipinski definition) is 1. The van der Waals surface area contributed by atoms with E-state index < -0.39 is 5.97 Å². The molecule has 1 heterocycles. The lowest BCUT2D eigenvalue weighted by atomic mass is 10.2. The standard InChI is InChI=1S/C10H9NO3S.H2O/c12-9-6-15-8-4-2-1-3-7(8)11(9)5-10(13)14;/h1-4H,5-6H2,(H,13,14);1H2. The number of carboxylic acid groups (broad SMARTS) is 1. The quantitative estimate of drug-likeness (QED) is 0.810. The summed E-state index contributed by atoms with van der Waals surface area (Å²) in [6.07, 6.45) is 0. The van der Waals surface area contributed by atoms with Gasteiger partial charge in [0.25, 0.3) is 0 Å². The van der Waals surface area contributed by atoms with Crippen molar-refractivity contribution in [3.63, 3.8) is 0 Å². The van der Waals surface area contributed by atoms with Gasteiger partial charge in [0.1, 0.15) is 6.54 Å². The molecule has 1 aromatic carbocycles. The molecule has 0 unspecified atom stereocenters. The second kappa shape index (κ2) is 5.00. The van der Waals surface area contributed by atoms with Crippen LogP contribution in [-0.2, 0) is 9.59 Å². The van der Waals surface area contributed by atoms with Crippen molar-refractivity contribution in [1.82, 2.24) is 0 Å². The Balaban J connectivity index is 0.00000128. The fourth-order valence-electron chi connectivity index (χ4n) is 1.46. The molecule has 86 valence electrons. The Morgan fingerprint density at radius 2 is 2.12 bits per heavy atom. The summed E-state index contributed by atoms with van der Waals surface area (Å²) < 4.78 is 0. The maximum absolute atomic E-state index is 11.5. The van der Waals surface area contributed by atoms with Crippen molar-refractivity contribution in [2.75, 3.05) is 17.2 Å². The molecule has 0 bridgehead atoms. The summed E-state index contributed by atoms with van der Waals surface area (Å²) in [5, 5.41) is 8.71. The molecule has 0 saturated carbocycles. The lowest BCUT2D eigenvalue weighted by Crippen LogP contribution is -2.39. The van der Waals surface area contributed by atoms with Crippen LogP contribution < -0.4 is 4.90 Å². The fourth-order valence-corrected chi connectivity index (χ4v) is 2.40. The van der Waals surface area contributed by atoms with E-state index in [1.54, 1.807) is 12.1 Å². The number of anilines is 1. The first-order valence-corrected chi connectivity index (χ1v) is 5.41. The number of carbonyl (C=O) groups is 2. The van der Waals surface area contributed by atoms with Gasteiger partial charge in [-0.1, -0.05) is 12.1 Å². The molecule has 2 rings (SSSR count). The summed E-state index contributed by atoms with van der Waals surface area (Å²) in [4.78, 5) is 24.4. The van der Waals surface area contributed by atoms with Gasteiger partial charge in [0, 0.05) is 4.90 Å². The summed E-state index contributed by atoms with van der Waals surface area (Å²) >= 11 is 1.44. The second-order valence-electron chi connectivity index (χ2n) is 3.13. The molecular weight excluding hydrogens is 230 g/mol. The van der Waals surface area contributed by atoms with Crippen molar-refractivity contribution in [2.45, 2.75) is 4.90 Å². The third-order valence-electron chi connectivity index (χ3n) is 2.10. The minimum Gasteiger partial charge on any atom is -0.480 e. The van der Waals surface area contributed by atoms with Gasteiger partial charge >= 0.3 is 5.97 Å². The number of amides is 1. The fraction of sp³-hybridized carbons (Fsp3) is 0.200. The molecule has 0 aromatic heterocycles. The van der Waals surface area contributed by atoms with Crippen molar-refractivity contribution in [2.24, 2.45) is 0 Å². The zero-order valence-electron chi connectivity index (χ0n) is 8.34. The van der Waals surface area contributed by atoms with Gasteiger partial charge in [-0.2, -0.15) is 0 Å². The van der Waals surface area contributed by atoms with Crippen LogP contribution in [0.15, 0.2) is 29.2 Å². The first-order valence-electron chi connectivity index (χ1n) is 4.42. The Kier molecular flexibility index (Phi) is 3.92. The predicted octanol–water partition coefficient (Wildman–Crippen LogP) is 0.385. The Morgan fingerprint density at radius 1 is 1.44 bits per heavy atom. The normalized spacial score (nSPS) is 14.0. The first-order chi connectivity index (χ1) is 7.18. The Morgan fingerprint density at radius 3 is 2.81 bits per heavy atom. The van der Waals surface area contributed by atoms with Crippen molar-refractivity contribution in [3.05, 3.63) is 24.3 Å². The maximum Gasteiger partial charge on any atom is 0.323 e. The molecule has 1 aliphatic rings. The minimum atomic E-state index is -0.995. The van der Waals surface area contributed by atoms with E-state index in [1.807, 2.05) is 12.1 Å². The van der Waals surface area contributed by atoms with Gasteiger partial charge in [-0.15, -0.1) is 11.8 Å². The smallest absolute Gasteiger partial charge is 0.323 e. The molecule has 0 radical (unpaired) electrons. The van der Waals surface area contributed by atoms with Crippen LogP contribution in [-0.4, -0.2) is 34.8 Å². The molecule has 0 atom stereocenters. The SMILES string of the molecule is O.O=C(O)CN1C(=O)CSc2ccccc21. The summed E-state index contributed by atoms with van der Waals surface area (Å²) in [7, 11) is 0. The minimum absolute atomic E-state index is 0. The monoisotopic (exact) mass is 241 g/mol. The van der Waals surface area contributed by atoms with Gasteiger partial charge in [0.15, 0.2) is 0 Å². The van der Waals surface area contributed by atoms with Gasteiger partial charge in [-0.25, -0.2) is 0 Å². The number of benzene rings is 1. The van der Waals surface area contributed by atoms with E-state index in [9.17, 15) is 9.59 Å². The van der Waals surface area contributed by atoms with Gasteiger partial charge in [-0.3, -0.25) is 14.5 Å². The van der Waals surface area contributed by atoms with Crippen molar-refractivity contribution in [3.8, 4) is 0 Å². The van der Waals surface area contributed by atoms with Gasteiger partial charge in [0.05, 0.1) is 11.4 Å². The van der Waals surface area contributed by atoms with Crippen LogP contribution >= 0.6 is 11.8 Å². The van der Waals surface area contributed by atoms with Gasteiger partial charge in [-0.05, 0) is 12.1 Å². The number of para-hydroxylation sites is 1. The predicted molar refractivity (Wildman–Crippen MR) is 60.8 cm³/mol. The zero-order valence-corrected chi connectivity index (χ0v) is 9.16. The highest BCUT2D eigenvalue weighted by molar-refractivity contribution is 8.00. The number of carbonyl (C=O) groups excluding carboxylic acids is 1. The number of hydrogen-bond acceptors (Lipinski definition) is 3. The number of rotatable bonds is 2. The van der Waals surface area contributed by atoms with Crippen molar-refractivity contribution >= 4 is 29.3 Å². The van der Waals surface area contributed by atoms with Crippen LogP contribution in [0, 0.1) is 0 Å². The highest BCUT2D eigenvalue weighted by Crippen LogP contribution is 2.34. The van der Waals surface area contributed by atoms with E-state index in [0.717, 1.165) is 4.90 Å². The van der Waals surface area contributed by atoms with Crippen molar-refractivity contribution < 1.29 is 20.2 Å². The van der Waals surface area contributed by atoms with Gasteiger partial charge in [0.2, 0.25) is 5.91 Å². The Bertz CT molecular complexity index is 421. The molecular formula is C10H11NO4S. The van der Waals surface area contributed by atoms with E-state index in [2.05, 4.69) is 0 Å². The molecule has 0 saturated heterocycles. The molecule has 5 nitrogen and oxygen atoms in total. The van der Waals surface area contributed by atoms with Crippen LogP contribution in [0.5, 0.6) is 0 Å². The average molecular weight is 241 g/mol. The van der Waals surface area contributed by atoms with E-state index >= 15 is 0 Å². The molecule has 1 aliphatic heterocycles. The molecule has 16 heavy (non-hydrogen) atoms. The lowest BCUT2D eigenvalue weighted by molar-refractivity contribution is -0.136. The van der Waals surface area contributed by atoms with E-state index in [4.69, 9.17) is 5.11 Å². The van der Waals surface area contributed by atoms with Gasteiger partial charge < -0.3 is 10.6 Å². The highest BCUT2D eigenvalue weighted by atomic mass is 32.2. The first kappa shape index (κ1) is 12.5. The lowest BCUT2D eigenvalue weighted by Gasteiger charge is -2.27. The zero-order chi connectivity index (χ0) is 10.8. The molecule has 3 N–H and O–H groups in total. The average Bonchev–Trinajstić information content (AvgIpc) is 2.22. The molecule has 0 spiro atoms. The molecule has 0 aliphatic carbocycles. The molecule has 0 fully saturated rings. The number of carboxylic acids is 1. The highest BCUT2D eigenvalue weighted by Gasteiger charge is 2.25. The summed E-state index contributed by atoms with van der Waals surface area (Å²) in [5.41, 5.74) is 0.696. The number of nitrogens with zero attached hydrogens (tertiary/aromatic N) is 1. The summed E-state index contributed by atoms with van der Waals surface area (Å²) in [5.74, 6) is -0.837. The van der Waals surface area contributed by atoms with E-state index in [1.165, 1.54) is 16.7 Å². The topological polar surface area (TPSA) is 89.1 Å². The van der Waals surface area contributed by atoms with E-state index in [-0.39, 0.29) is 17.9 Å². The third kappa shape index (κ3) is 2.34. The van der Waals surface area contributed by atoms with Crippen LogP contribution in [0.25, 0.3) is 0 Å². The van der Waals surface area contributed by atoms with E-state index in [0.29, 0.717) is 11.4 Å². The van der Waals surface area contributed by atoms with Crippen molar-refractivity contribution in [1.29, 1.82) is 0 Å². The second-order valence-corrected chi connectivity index (χ2v) is 4.15. The molecule has 1 amide bonds. The summed E-state index contributed by atoms with van der Waals surface area (Å²) in [6, 6.07) is 7.33. The molecule has 6 heteroatoms. The Hall–Kier alpha value is -1.53. The number of fused-ring (bicyclic) bond motifs is 1. The third-order valence-corrected chi connectivity index (χ3v) is 3.15. The van der Waals surface area contributed by atoms with Crippen LogP contribution in [0.2, 0.25) is 0 Å². The molecule has 1 aromatic rings. The summed E-state index contributed by atoms with van der Waals surface area (Å²) in [6.45, 7) is -0.267. The van der Waals surface area contributed by atoms with Crippen LogP contribution in [0.1, 0.15) is 0 Å². The maximum atomic E-state index is 11.5. The number of thioether (sulfide) groups is 1. The van der Waals surface area contributed by atoms with Crippen LogP contribution in [0.3, 0.4) is 0 Å². The van der Waals surface area contributed by atoms with Crippen LogP contribution in [0.4, 0.5) is 5.69 Å². The number of aliphatic carboxylic acids is 1.